The fraction of sp³-hybridized carbons (Fsp3) is 0.556. The van der Waals surface area contributed by atoms with E-state index in [0.29, 0.717) is 12.1 Å². The molecule has 1 N–H and O–H groups in total. The van der Waals surface area contributed by atoms with Gasteiger partial charge in [0.05, 0.1) is 18.7 Å². The minimum absolute atomic E-state index is 0.472. The van der Waals surface area contributed by atoms with Crippen LogP contribution in [0.2, 0.25) is 5.02 Å². The molecule has 1 aromatic carbocycles. The maximum atomic E-state index is 6.14. The highest BCUT2D eigenvalue weighted by Gasteiger charge is 2.27. The molecule has 2 aliphatic rings. The van der Waals surface area contributed by atoms with Crippen LogP contribution in [0.25, 0.3) is 10.9 Å². The number of rotatable bonds is 3. The number of ether oxygens (including phenoxy) is 1. The van der Waals surface area contributed by atoms with Crippen molar-refractivity contribution in [2.75, 3.05) is 31.6 Å². The summed E-state index contributed by atoms with van der Waals surface area (Å²) < 4.78 is 5.46. The Kier molecular flexibility index (Phi) is 4.83. The number of aromatic nitrogens is 2. The molecule has 0 unspecified atom stereocenters. The quantitative estimate of drug-likeness (QED) is 0.923. The van der Waals surface area contributed by atoms with Gasteiger partial charge >= 0.3 is 0 Å². The van der Waals surface area contributed by atoms with Gasteiger partial charge in [0.1, 0.15) is 12.1 Å². The van der Waals surface area contributed by atoms with E-state index < -0.39 is 0 Å². The number of fused-ring (bicyclic) bond motifs is 1. The Labute approximate surface area is 147 Å². The zero-order valence-corrected chi connectivity index (χ0v) is 14.5. The molecule has 1 saturated carbocycles. The average molecular weight is 347 g/mol. The number of anilines is 1. The van der Waals surface area contributed by atoms with Crippen molar-refractivity contribution in [2.45, 2.75) is 37.8 Å². The lowest BCUT2D eigenvalue weighted by Gasteiger charge is -2.39. The zero-order valence-electron chi connectivity index (χ0n) is 13.7. The number of halogens is 1. The summed E-state index contributed by atoms with van der Waals surface area (Å²) in [5.41, 5.74) is 0.930. The van der Waals surface area contributed by atoms with Crippen molar-refractivity contribution in [3.63, 3.8) is 0 Å². The molecule has 128 valence electrons. The first kappa shape index (κ1) is 16.1. The lowest BCUT2D eigenvalue weighted by molar-refractivity contribution is 0.00791. The van der Waals surface area contributed by atoms with E-state index in [-0.39, 0.29) is 0 Å². The van der Waals surface area contributed by atoms with Crippen LogP contribution in [-0.4, -0.2) is 53.3 Å². The van der Waals surface area contributed by atoms with Crippen LogP contribution in [-0.2, 0) is 4.74 Å². The molecule has 6 heteroatoms. The zero-order chi connectivity index (χ0) is 16.4. The van der Waals surface area contributed by atoms with Crippen LogP contribution < -0.4 is 5.32 Å². The fourth-order valence-corrected chi connectivity index (χ4v) is 4.04. The van der Waals surface area contributed by atoms with Crippen LogP contribution in [0, 0.1) is 0 Å². The first-order valence-electron chi connectivity index (χ1n) is 8.78. The van der Waals surface area contributed by atoms with Crippen LogP contribution in [0.1, 0.15) is 25.7 Å². The summed E-state index contributed by atoms with van der Waals surface area (Å²) in [6.45, 7) is 3.92. The molecule has 1 aliphatic carbocycles. The topological polar surface area (TPSA) is 50.3 Å². The van der Waals surface area contributed by atoms with Crippen molar-refractivity contribution >= 4 is 28.3 Å². The Bertz CT molecular complexity index is 696. The van der Waals surface area contributed by atoms with Gasteiger partial charge in [0, 0.05) is 35.6 Å². The molecule has 0 amide bonds. The van der Waals surface area contributed by atoms with Crippen LogP contribution in [0.3, 0.4) is 0 Å². The maximum absolute atomic E-state index is 6.14. The van der Waals surface area contributed by atoms with E-state index in [1.165, 1.54) is 25.7 Å². The number of hydrogen-bond donors (Lipinski definition) is 1. The first-order chi connectivity index (χ1) is 11.8. The SMILES string of the molecule is Clc1ccc2ncnc(NC3CCC(N4CCOCC4)CC3)c2c1. The van der Waals surface area contributed by atoms with Gasteiger partial charge in [0.15, 0.2) is 0 Å². The second-order valence-corrected chi connectivity index (χ2v) is 7.12. The Hall–Kier alpha value is -1.43. The summed E-state index contributed by atoms with van der Waals surface area (Å²) in [7, 11) is 0. The Morgan fingerprint density at radius 1 is 1.08 bits per heavy atom. The Morgan fingerprint density at radius 2 is 1.88 bits per heavy atom. The van der Waals surface area contributed by atoms with Gasteiger partial charge in [0.25, 0.3) is 0 Å². The summed E-state index contributed by atoms with van der Waals surface area (Å²) in [5.74, 6) is 0.900. The molecule has 1 saturated heterocycles. The van der Waals surface area contributed by atoms with E-state index in [0.717, 1.165) is 48.0 Å². The van der Waals surface area contributed by atoms with E-state index in [2.05, 4.69) is 20.2 Å². The molecule has 0 atom stereocenters. The molecule has 1 aromatic heterocycles. The molecule has 2 aromatic rings. The molecule has 0 spiro atoms. The van der Waals surface area contributed by atoms with Crippen molar-refractivity contribution in [2.24, 2.45) is 0 Å². The van der Waals surface area contributed by atoms with Crippen molar-refractivity contribution in [3.05, 3.63) is 29.5 Å². The van der Waals surface area contributed by atoms with Crippen LogP contribution >= 0.6 is 11.6 Å². The van der Waals surface area contributed by atoms with E-state index in [4.69, 9.17) is 16.3 Å². The van der Waals surface area contributed by atoms with Gasteiger partial charge in [-0.25, -0.2) is 9.97 Å². The first-order valence-corrected chi connectivity index (χ1v) is 9.16. The Morgan fingerprint density at radius 3 is 2.67 bits per heavy atom. The van der Waals surface area contributed by atoms with Crippen LogP contribution in [0.5, 0.6) is 0 Å². The smallest absolute Gasteiger partial charge is 0.137 e. The maximum Gasteiger partial charge on any atom is 0.137 e. The molecule has 4 rings (SSSR count). The van der Waals surface area contributed by atoms with Crippen molar-refractivity contribution in [1.29, 1.82) is 0 Å². The number of hydrogen-bond acceptors (Lipinski definition) is 5. The largest absolute Gasteiger partial charge is 0.379 e. The highest BCUT2D eigenvalue weighted by molar-refractivity contribution is 6.31. The lowest BCUT2D eigenvalue weighted by atomic mass is 9.90. The molecule has 1 aliphatic heterocycles. The predicted molar refractivity (Wildman–Crippen MR) is 96.6 cm³/mol. The van der Waals surface area contributed by atoms with Gasteiger partial charge in [-0.1, -0.05) is 11.6 Å². The van der Waals surface area contributed by atoms with Gasteiger partial charge in [-0.05, 0) is 43.9 Å². The molecule has 2 fully saturated rings. The average Bonchev–Trinajstić information content (AvgIpc) is 2.64. The predicted octanol–water partition coefficient (Wildman–Crippen LogP) is 3.34. The molecule has 0 bridgehead atoms. The molecule has 2 heterocycles. The van der Waals surface area contributed by atoms with E-state index in [1.54, 1.807) is 6.33 Å². The van der Waals surface area contributed by atoms with E-state index in [9.17, 15) is 0 Å². The van der Waals surface area contributed by atoms with Crippen molar-refractivity contribution in [1.82, 2.24) is 14.9 Å². The summed E-state index contributed by atoms with van der Waals surface area (Å²) in [4.78, 5) is 11.4. The Balaban J connectivity index is 1.41. The normalized spacial score (nSPS) is 25.7. The summed E-state index contributed by atoms with van der Waals surface area (Å²) in [6, 6.07) is 6.94. The summed E-state index contributed by atoms with van der Waals surface area (Å²) >= 11 is 6.14. The molecular formula is C18H23ClN4O. The second kappa shape index (κ2) is 7.21. The molecule has 24 heavy (non-hydrogen) atoms. The number of nitrogens with one attached hydrogen (secondary N) is 1. The van der Waals surface area contributed by atoms with Gasteiger partial charge in [-0.2, -0.15) is 0 Å². The van der Waals surface area contributed by atoms with Crippen LogP contribution in [0.4, 0.5) is 5.82 Å². The highest BCUT2D eigenvalue weighted by atomic mass is 35.5. The summed E-state index contributed by atoms with van der Waals surface area (Å²) in [6.07, 6.45) is 6.45. The van der Waals surface area contributed by atoms with Crippen molar-refractivity contribution < 1.29 is 4.74 Å². The molecular weight excluding hydrogens is 324 g/mol. The molecule has 5 nitrogen and oxygen atoms in total. The lowest BCUT2D eigenvalue weighted by Crippen LogP contribution is -2.46. The third-order valence-corrected chi connectivity index (χ3v) is 5.43. The number of morpholine rings is 1. The third-order valence-electron chi connectivity index (χ3n) is 5.20. The number of nitrogens with zero attached hydrogens (tertiary/aromatic N) is 3. The monoisotopic (exact) mass is 346 g/mol. The fourth-order valence-electron chi connectivity index (χ4n) is 3.87. The molecule has 0 radical (unpaired) electrons. The second-order valence-electron chi connectivity index (χ2n) is 6.68. The third kappa shape index (κ3) is 3.48. The number of benzene rings is 1. The summed E-state index contributed by atoms with van der Waals surface area (Å²) in [5, 5.41) is 5.34. The highest BCUT2D eigenvalue weighted by Crippen LogP contribution is 2.28. The van der Waals surface area contributed by atoms with Gasteiger partial charge in [-0.3, -0.25) is 4.90 Å². The van der Waals surface area contributed by atoms with E-state index in [1.807, 2.05) is 18.2 Å². The van der Waals surface area contributed by atoms with Gasteiger partial charge < -0.3 is 10.1 Å². The van der Waals surface area contributed by atoms with Gasteiger partial charge in [0.2, 0.25) is 0 Å². The van der Waals surface area contributed by atoms with E-state index >= 15 is 0 Å². The van der Waals surface area contributed by atoms with Crippen molar-refractivity contribution in [3.8, 4) is 0 Å². The standard InChI is InChI=1S/C18H23ClN4O/c19-13-1-6-17-16(11-13)18(21-12-20-17)22-14-2-4-15(5-3-14)23-7-9-24-10-8-23/h1,6,11-12,14-15H,2-5,7-10H2,(H,20,21,22). The van der Waals surface area contributed by atoms with Gasteiger partial charge in [-0.15, -0.1) is 0 Å². The minimum atomic E-state index is 0.472. The van der Waals surface area contributed by atoms with Crippen LogP contribution in [0.15, 0.2) is 24.5 Å². The minimum Gasteiger partial charge on any atom is -0.379 e.